The molecule has 0 bridgehead atoms. The number of Topliss-reactive ketones (excluding diaryl/α,β-unsaturated/α-hetero) is 1. The van der Waals surface area contributed by atoms with Crippen molar-refractivity contribution in [3.8, 4) is 0 Å². The molecule has 0 aliphatic heterocycles. The van der Waals surface area contributed by atoms with Crippen LogP contribution < -0.4 is 0 Å². The molecule has 4 rings (SSSR count). The number of aliphatic hydroxyl groups excluding tert-OH is 2. The predicted molar refractivity (Wildman–Crippen MR) is 94.8 cm³/mol. The smallest absolute Gasteiger partial charge is 0.161 e. The average molecular weight is 350 g/mol. The van der Waals surface area contributed by atoms with Crippen LogP contribution in [0.4, 0.5) is 0 Å². The molecule has 0 spiro atoms. The van der Waals surface area contributed by atoms with Gasteiger partial charge in [-0.05, 0) is 87.4 Å². The summed E-state index contributed by atoms with van der Waals surface area (Å²) in [7, 11) is 0. The van der Waals surface area contributed by atoms with Gasteiger partial charge >= 0.3 is 0 Å². The fourth-order valence-corrected chi connectivity index (χ4v) is 7.87. The van der Waals surface area contributed by atoms with Gasteiger partial charge in [-0.1, -0.05) is 13.8 Å². The van der Waals surface area contributed by atoms with E-state index in [1.54, 1.807) is 0 Å². The van der Waals surface area contributed by atoms with E-state index in [1.807, 2.05) is 0 Å². The summed E-state index contributed by atoms with van der Waals surface area (Å²) >= 11 is 0. The highest BCUT2D eigenvalue weighted by Crippen LogP contribution is 2.68. The normalized spacial score (nSPS) is 58.2. The summed E-state index contributed by atoms with van der Waals surface area (Å²) < 4.78 is 0. The predicted octanol–water partition coefficient (Wildman–Crippen LogP) is 2.68. The van der Waals surface area contributed by atoms with Crippen LogP contribution in [0.25, 0.3) is 0 Å². The standard InChI is InChI=1S/C21H34O4/c1-12(22)21(25)9-6-16-14-11-18(24)17-10-13(23)4-7-19(17,2)15(14)5-8-20(16,21)3/h13-18,23-25H,4-11H2,1-3H3/t13-,14?,15?,16?,17?,18+,19?,20+,21+/m1/s1. The van der Waals surface area contributed by atoms with E-state index < -0.39 is 5.60 Å². The van der Waals surface area contributed by atoms with Gasteiger partial charge in [-0.2, -0.15) is 0 Å². The Kier molecular flexibility index (Phi) is 3.97. The van der Waals surface area contributed by atoms with Crippen LogP contribution in [-0.4, -0.2) is 38.9 Å². The molecule has 4 heteroatoms. The summed E-state index contributed by atoms with van der Waals surface area (Å²) in [6, 6.07) is 0. The molecule has 4 aliphatic rings. The lowest BCUT2D eigenvalue weighted by Crippen LogP contribution is -2.61. The number of rotatable bonds is 1. The molecule has 0 saturated heterocycles. The van der Waals surface area contributed by atoms with E-state index in [-0.39, 0.29) is 34.7 Å². The zero-order valence-electron chi connectivity index (χ0n) is 15.9. The summed E-state index contributed by atoms with van der Waals surface area (Å²) in [5.74, 6) is 1.35. The molecule has 4 saturated carbocycles. The maximum absolute atomic E-state index is 12.3. The van der Waals surface area contributed by atoms with E-state index in [2.05, 4.69) is 13.8 Å². The van der Waals surface area contributed by atoms with Gasteiger partial charge in [0, 0.05) is 5.41 Å². The number of carbonyl (C=O) groups is 1. The highest BCUT2D eigenvalue weighted by Gasteiger charge is 2.67. The number of carbonyl (C=O) groups excluding carboxylic acids is 1. The summed E-state index contributed by atoms with van der Waals surface area (Å²) in [5, 5.41) is 32.2. The monoisotopic (exact) mass is 350 g/mol. The molecule has 142 valence electrons. The Morgan fingerprint density at radius 1 is 0.920 bits per heavy atom. The third kappa shape index (κ3) is 2.20. The topological polar surface area (TPSA) is 77.8 Å². The molecular formula is C21H34O4. The molecule has 0 aromatic rings. The van der Waals surface area contributed by atoms with E-state index in [9.17, 15) is 20.1 Å². The minimum Gasteiger partial charge on any atom is -0.393 e. The Labute approximate surface area is 151 Å². The van der Waals surface area contributed by atoms with Crippen molar-refractivity contribution in [3.63, 3.8) is 0 Å². The Bertz CT molecular complexity index is 576. The Morgan fingerprint density at radius 3 is 2.28 bits per heavy atom. The minimum absolute atomic E-state index is 0.0832. The number of hydrogen-bond acceptors (Lipinski definition) is 4. The molecule has 25 heavy (non-hydrogen) atoms. The van der Waals surface area contributed by atoms with Crippen molar-refractivity contribution < 1.29 is 20.1 Å². The summed E-state index contributed by atoms with van der Waals surface area (Å²) in [6.45, 7) is 5.99. The van der Waals surface area contributed by atoms with Gasteiger partial charge in [-0.3, -0.25) is 4.79 Å². The summed E-state index contributed by atoms with van der Waals surface area (Å²) in [5.41, 5.74) is -1.45. The second-order valence-corrected chi connectivity index (χ2v) is 10.1. The highest BCUT2D eigenvalue weighted by atomic mass is 16.3. The third-order valence-corrected chi connectivity index (χ3v) is 9.39. The molecule has 0 amide bonds. The van der Waals surface area contributed by atoms with Gasteiger partial charge in [0.1, 0.15) is 5.60 Å². The first-order valence-electron chi connectivity index (χ1n) is 10.2. The van der Waals surface area contributed by atoms with Crippen molar-refractivity contribution in [1.82, 2.24) is 0 Å². The van der Waals surface area contributed by atoms with Gasteiger partial charge in [0.25, 0.3) is 0 Å². The molecule has 0 heterocycles. The number of hydrogen-bond donors (Lipinski definition) is 3. The van der Waals surface area contributed by atoms with Crippen LogP contribution in [0.1, 0.15) is 72.1 Å². The van der Waals surface area contributed by atoms with Crippen LogP contribution in [-0.2, 0) is 4.79 Å². The zero-order chi connectivity index (χ0) is 18.2. The molecular weight excluding hydrogens is 316 g/mol. The molecule has 0 radical (unpaired) electrons. The van der Waals surface area contributed by atoms with Gasteiger partial charge in [-0.15, -0.1) is 0 Å². The van der Waals surface area contributed by atoms with Crippen LogP contribution in [0.3, 0.4) is 0 Å². The maximum atomic E-state index is 12.3. The van der Waals surface area contributed by atoms with Crippen molar-refractivity contribution in [2.75, 3.05) is 0 Å². The molecule has 0 aromatic carbocycles. The van der Waals surface area contributed by atoms with E-state index >= 15 is 0 Å². The number of aliphatic hydroxyl groups is 3. The Hall–Kier alpha value is -0.450. The van der Waals surface area contributed by atoms with Crippen molar-refractivity contribution in [3.05, 3.63) is 0 Å². The summed E-state index contributed by atoms with van der Waals surface area (Å²) in [6.07, 6.45) is 6.07. The molecule has 9 atom stereocenters. The summed E-state index contributed by atoms with van der Waals surface area (Å²) in [4.78, 5) is 12.3. The zero-order valence-corrected chi connectivity index (χ0v) is 15.9. The maximum Gasteiger partial charge on any atom is 0.161 e. The van der Waals surface area contributed by atoms with Gasteiger partial charge in [-0.25, -0.2) is 0 Å². The van der Waals surface area contributed by atoms with Crippen LogP contribution in [0, 0.1) is 34.5 Å². The first kappa shape index (κ1) is 17.9. The van der Waals surface area contributed by atoms with Crippen LogP contribution in [0.15, 0.2) is 0 Å². The van der Waals surface area contributed by atoms with E-state index in [0.717, 1.165) is 44.9 Å². The first-order valence-corrected chi connectivity index (χ1v) is 10.2. The molecule has 4 nitrogen and oxygen atoms in total. The highest BCUT2D eigenvalue weighted by molar-refractivity contribution is 5.86. The van der Waals surface area contributed by atoms with Crippen molar-refractivity contribution in [2.45, 2.75) is 89.9 Å². The second-order valence-electron chi connectivity index (χ2n) is 10.1. The Morgan fingerprint density at radius 2 is 1.60 bits per heavy atom. The lowest BCUT2D eigenvalue weighted by Gasteiger charge is -2.62. The Balaban J connectivity index is 1.68. The van der Waals surface area contributed by atoms with E-state index in [4.69, 9.17) is 0 Å². The molecule has 4 fully saturated rings. The van der Waals surface area contributed by atoms with Gasteiger partial charge in [0.2, 0.25) is 0 Å². The van der Waals surface area contributed by atoms with Crippen molar-refractivity contribution in [2.24, 2.45) is 34.5 Å². The number of ketones is 1. The quantitative estimate of drug-likeness (QED) is 0.679. The SMILES string of the molecule is CC(=O)[C@@]1(O)CCC2C3C[C@H](O)C4C[C@H](O)CCC4(C)C3CC[C@@]21C. The fourth-order valence-electron chi connectivity index (χ4n) is 7.87. The third-order valence-electron chi connectivity index (χ3n) is 9.39. The van der Waals surface area contributed by atoms with Crippen molar-refractivity contribution >= 4 is 5.78 Å². The largest absolute Gasteiger partial charge is 0.393 e. The lowest BCUT2D eigenvalue weighted by molar-refractivity contribution is -0.189. The van der Waals surface area contributed by atoms with Crippen LogP contribution in [0.5, 0.6) is 0 Å². The van der Waals surface area contributed by atoms with E-state index in [1.165, 1.54) is 6.92 Å². The molecule has 3 N–H and O–H groups in total. The molecule has 4 aliphatic carbocycles. The molecule has 0 aromatic heterocycles. The van der Waals surface area contributed by atoms with Gasteiger partial charge in [0.05, 0.1) is 12.2 Å². The first-order chi connectivity index (χ1) is 11.6. The number of fused-ring (bicyclic) bond motifs is 5. The van der Waals surface area contributed by atoms with Crippen molar-refractivity contribution in [1.29, 1.82) is 0 Å². The van der Waals surface area contributed by atoms with Crippen LogP contribution in [0.2, 0.25) is 0 Å². The van der Waals surface area contributed by atoms with Gasteiger partial charge < -0.3 is 15.3 Å². The fraction of sp³-hybridized carbons (Fsp3) is 0.952. The second kappa shape index (κ2) is 5.53. The van der Waals surface area contributed by atoms with E-state index in [0.29, 0.717) is 24.2 Å². The van der Waals surface area contributed by atoms with Crippen LogP contribution >= 0.6 is 0 Å². The molecule has 5 unspecified atom stereocenters. The lowest BCUT2D eigenvalue weighted by atomic mass is 9.43. The minimum atomic E-state index is -1.19. The average Bonchev–Trinajstić information content (AvgIpc) is 2.83. The van der Waals surface area contributed by atoms with Gasteiger partial charge in [0.15, 0.2) is 5.78 Å².